The number of hydrogen-bond donors (Lipinski definition) is 1. The lowest BCUT2D eigenvalue weighted by atomic mass is 10.1. The van der Waals surface area contributed by atoms with E-state index in [1.807, 2.05) is 0 Å². The van der Waals surface area contributed by atoms with Crippen LogP contribution in [0.25, 0.3) is 5.69 Å². The second-order valence-corrected chi connectivity index (χ2v) is 5.46. The van der Waals surface area contributed by atoms with Gasteiger partial charge in [-0.05, 0) is 52.7 Å². The van der Waals surface area contributed by atoms with Crippen molar-refractivity contribution < 1.29 is 9.18 Å². The highest BCUT2D eigenvalue weighted by molar-refractivity contribution is 6.33. The van der Waals surface area contributed by atoms with Crippen LogP contribution in [0.4, 0.5) is 4.39 Å². The Bertz CT molecular complexity index is 836. The van der Waals surface area contributed by atoms with Gasteiger partial charge in [0.2, 0.25) is 0 Å². The number of carbonyl (C=O) groups excluding carboxylic acids is 1. The fraction of sp³-hybridized carbons (Fsp3) is 0.125. The molecule has 0 saturated heterocycles. The standard InChI is InChI=1S/C16H13ClFN5O/c17-15-6-5-13(23-10-20-21-22-23)9-14(15)16(24)19-8-7-11-1-3-12(18)4-2-11/h1-6,9-10H,7-8H2,(H,19,24). The van der Waals surface area contributed by atoms with Gasteiger partial charge < -0.3 is 5.32 Å². The van der Waals surface area contributed by atoms with Crippen LogP contribution in [0.3, 0.4) is 0 Å². The van der Waals surface area contributed by atoms with E-state index in [0.717, 1.165) is 5.56 Å². The second kappa shape index (κ2) is 7.18. The average molecular weight is 346 g/mol. The number of amides is 1. The Hall–Kier alpha value is -2.80. The van der Waals surface area contributed by atoms with Crippen LogP contribution in [-0.2, 0) is 6.42 Å². The smallest absolute Gasteiger partial charge is 0.252 e. The predicted octanol–water partition coefficient (Wildman–Crippen LogP) is 2.43. The zero-order chi connectivity index (χ0) is 16.9. The summed E-state index contributed by atoms with van der Waals surface area (Å²) in [4.78, 5) is 12.3. The summed E-state index contributed by atoms with van der Waals surface area (Å²) in [6.07, 6.45) is 2.02. The maximum atomic E-state index is 12.9. The lowest BCUT2D eigenvalue weighted by Crippen LogP contribution is -2.26. The number of benzene rings is 2. The van der Waals surface area contributed by atoms with Crippen LogP contribution in [0, 0.1) is 5.82 Å². The third-order valence-corrected chi connectivity index (χ3v) is 3.75. The van der Waals surface area contributed by atoms with E-state index >= 15 is 0 Å². The molecule has 0 atom stereocenters. The topological polar surface area (TPSA) is 72.7 Å². The molecule has 6 nitrogen and oxygen atoms in total. The molecule has 2 aromatic carbocycles. The van der Waals surface area contributed by atoms with Gasteiger partial charge in [0.25, 0.3) is 5.91 Å². The van der Waals surface area contributed by atoms with Gasteiger partial charge in [-0.25, -0.2) is 9.07 Å². The minimum atomic E-state index is -0.294. The number of carbonyl (C=O) groups is 1. The highest BCUT2D eigenvalue weighted by Crippen LogP contribution is 2.19. The Morgan fingerprint density at radius 2 is 2.00 bits per heavy atom. The normalized spacial score (nSPS) is 10.6. The summed E-state index contributed by atoms with van der Waals surface area (Å²) in [6.45, 7) is 0.413. The van der Waals surface area contributed by atoms with Crippen molar-refractivity contribution in [1.82, 2.24) is 25.5 Å². The van der Waals surface area contributed by atoms with Gasteiger partial charge in [-0.2, -0.15) is 0 Å². The number of halogens is 2. The highest BCUT2D eigenvalue weighted by Gasteiger charge is 2.12. The monoisotopic (exact) mass is 345 g/mol. The molecule has 0 bridgehead atoms. The van der Waals surface area contributed by atoms with Crippen LogP contribution in [0.2, 0.25) is 5.02 Å². The number of rotatable bonds is 5. The summed E-state index contributed by atoms with van der Waals surface area (Å²) >= 11 is 6.10. The lowest BCUT2D eigenvalue weighted by Gasteiger charge is -2.09. The van der Waals surface area contributed by atoms with Crippen molar-refractivity contribution in [2.75, 3.05) is 6.54 Å². The molecular formula is C16H13ClFN5O. The number of tetrazole rings is 1. The Labute approximate surface area is 142 Å². The molecule has 24 heavy (non-hydrogen) atoms. The van der Waals surface area contributed by atoms with Gasteiger partial charge >= 0.3 is 0 Å². The van der Waals surface area contributed by atoms with Gasteiger partial charge in [0, 0.05) is 6.54 Å². The molecule has 3 rings (SSSR count). The molecule has 0 saturated carbocycles. The van der Waals surface area contributed by atoms with E-state index < -0.39 is 0 Å². The van der Waals surface area contributed by atoms with Crippen molar-refractivity contribution in [3.8, 4) is 5.69 Å². The van der Waals surface area contributed by atoms with Crippen molar-refractivity contribution in [2.45, 2.75) is 6.42 Å². The number of hydrogen-bond acceptors (Lipinski definition) is 4. The van der Waals surface area contributed by atoms with Crippen LogP contribution < -0.4 is 5.32 Å². The number of nitrogens with one attached hydrogen (secondary N) is 1. The van der Waals surface area contributed by atoms with Crippen molar-refractivity contribution >= 4 is 17.5 Å². The molecular weight excluding hydrogens is 333 g/mol. The van der Waals surface area contributed by atoms with Gasteiger partial charge in [-0.15, -0.1) is 5.10 Å². The maximum Gasteiger partial charge on any atom is 0.252 e. The van der Waals surface area contributed by atoms with E-state index in [-0.39, 0.29) is 11.7 Å². The Balaban J connectivity index is 1.66. The first-order chi connectivity index (χ1) is 11.6. The quantitative estimate of drug-likeness (QED) is 0.770. The Morgan fingerprint density at radius 3 is 2.71 bits per heavy atom. The minimum absolute atomic E-state index is 0.283. The third-order valence-electron chi connectivity index (χ3n) is 3.42. The first-order valence-corrected chi connectivity index (χ1v) is 7.57. The van der Waals surface area contributed by atoms with Gasteiger partial charge in [-0.3, -0.25) is 4.79 Å². The molecule has 1 heterocycles. The highest BCUT2D eigenvalue weighted by atomic mass is 35.5. The molecule has 0 aliphatic heterocycles. The molecule has 1 amide bonds. The molecule has 0 aliphatic carbocycles. The lowest BCUT2D eigenvalue weighted by molar-refractivity contribution is 0.0954. The fourth-order valence-corrected chi connectivity index (χ4v) is 2.38. The van der Waals surface area contributed by atoms with E-state index in [9.17, 15) is 9.18 Å². The van der Waals surface area contributed by atoms with Crippen molar-refractivity contribution in [1.29, 1.82) is 0 Å². The molecule has 0 spiro atoms. The Morgan fingerprint density at radius 1 is 1.21 bits per heavy atom. The van der Waals surface area contributed by atoms with Gasteiger partial charge in [0.15, 0.2) is 0 Å². The SMILES string of the molecule is O=C(NCCc1ccc(F)cc1)c1cc(-n2cnnn2)ccc1Cl. The van der Waals surface area contributed by atoms with Crippen LogP contribution in [-0.4, -0.2) is 32.7 Å². The van der Waals surface area contributed by atoms with Crippen molar-refractivity contribution in [3.63, 3.8) is 0 Å². The molecule has 3 aromatic rings. The zero-order valence-electron chi connectivity index (χ0n) is 12.5. The van der Waals surface area contributed by atoms with Crippen LogP contribution in [0.15, 0.2) is 48.8 Å². The molecule has 8 heteroatoms. The molecule has 0 fully saturated rings. The van der Waals surface area contributed by atoms with E-state index in [1.54, 1.807) is 30.3 Å². The summed E-state index contributed by atoms with van der Waals surface area (Å²) in [5, 5.41) is 14.0. The van der Waals surface area contributed by atoms with E-state index in [4.69, 9.17) is 11.6 Å². The van der Waals surface area contributed by atoms with Crippen molar-refractivity contribution in [2.24, 2.45) is 0 Å². The molecule has 0 radical (unpaired) electrons. The summed E-state index contributed by atoms with van der Waals surface area (Å²) < 4.78 is 14.3. The van der Waals surface area contributed by atoms with Gasteiger partial charge in [-0.1, -0.05) is 23.7 Å². The third kappa shape index (κ3) is 3.75. The maximum absolute atomic E-state index is 12.9. The summed E-state index contributed by atoms with van der Waals surface area (Å²) in [5.74, 6) is -0.578. The van der Waals surface area contributed by atoms with Crippen LogP contribution in [0.5, 0.6) is 0 Å². The largest absolute Gasteiger partial charge is 0.352 e. The first-order valence-electron chi connectivity index (χ1n) is 7.19. The zero-order valence-corrected chi connectivity index (χ0v) is 13.2. The summed E-state index contributed by atoms with van der Waals surface area (Å²) in [7, 11) is 0. The molecule has 0 unspecified atom stereocenters. The molecule has 0 aliphatic rings. The molecule has 1 N–H and O–H groups in total. The average Bonchev–Trinajstić information content (AvgIpc) is 3.11. The number of aromatic nitrogens is 4. The molecule has 122 valence electrons. The van der Waals surface area contributed by atoms with E-state index in [1.165, 1.54) is 23.1 Å². The molecule has 1 aromatic heterocycles. The minimum Gasteiger partial charge on any atom is -0.352 e. The van der Waals surface area contributed by atoms with E-state index in [0.29, 0.717) is 29.2 Å². The summed E-state index contributed by atoms with van der Waals surface area (Å²) in [6, 6.07) is 11.1. The van der Waals surface area contributed by atoms with Crippen LogP contribution in [0.1, 0.15) is 15.9 Å². The van der Waals surface area contributed by atoms with Gasteiger partial charge in [0.05, 0.1) is 16.3 Å². The summed E-state index contributed by atoms with van der Waals surface area (Å²) in [5.41, 5.74) is 1.90. The van der Waals surface area contributed by atoms with E-state index in [2.05, 4.69) is 20.8 Å². The van der Waals surface area contributed by atoms with Gasteiger partial charge in [0.1, 0.15) is 12.1 Å². The number of nitrogens with zero attached hydrogens (tertiary/aromatic N) is 4. The van der Waals surface area contributed by atoms with Crippen molar-refractivity contribution in [3.05, 3.63) is 70.8 Å². The second-order valence-electron chi connectivity index (χ2n) is 5.05. The predicted molar refractivity (Wildman–Crippen MR) is 86.6 cm³/mol. The first kappa shape index (κ1) is 16.1. The fourth-order valence-electron chi connectivity index (χ4n) is 2.18. The van der Waals surface area contributed by atoms with Crippen LogP contribution >= 0.6 is 11.6 Å². The Kier molecular flexibility index (Phi) is 4.81.